The minimum Gasteiger partial charge on any atom is -0.550 e. The van der Waals surface area contributed by atoms with E-state index < -0.39 is 22.8 Å². The smallest absolute Gasteiger partial charge is 0.550 e. The van der Waals surface area contributed by atoms with Gasteiger partial charge in [0, 0.05) is 22.8 Å². The molecule has 0 aromatic rings. The predicted octanol–water partition coefficient (Wildman–Crippen LogP) is -4.37. The summed E-state index contributed by atoms with van der Waals surface area (Å²) in [6.07, 6.45) is 0. The molecule has 0 radical (unpaired) electrons. The fourth-order valence-corrected chi connectivity index (χ4v) is 0.612. The molecular weight excluding hydrogens is 286 g/mol. The zero-order valence-electron chi connectivity index (χ0n) is 16.6. The van der Waals surface area contributed by atoms with E-state index in [0.717, 1.165) is 0 Å². The van der Waals surface area contributed by atoms with Crippen molar-refractivity contribution in [1.82, 2.24) is 0 Å². The molecule has 0 heterocycles. The van der Waals surface area contributed by atoms with Crippen molar-refractivity contribution in [2.45, 2.75) is 69.2 Å². The zero-order valence-corrected chi connectivity index (χ0v) is 18.6. The molecule has 0 saturated heterocycles. The van der Waals surface area contributed by atoms with E-state index in [1.807, 2.05) is 41.5 Å². The molecule has 0 amide bonds. The summed E-state index contributed by atoms with van der Waals surface area (Å²) in [7, 11) is 0. The molecule has 0 aliphatic rings. The first-order chi connectivity index (χ1) is 8.39. The van der Waals surface area contributed by atoms with E-state index in [2.05, 4.69) is 0 Å². The third-order valence-electron chi connectivity index (χ3n) is 4.77. The molecule has 22 heavy (non-hydrogen) atoms. The number of hydrogen-bond donors (Lipinski definition) is 0. The summed E-state index contributed by atoms with van der Waals surface area (Å²) < 4.78 is 0. The maximum atomic E-state index is 10.6. The first kappa shape index (κ1) is 30.4. The van der Waals surface area contributed by atoms with E-state index >= 15 is 0 Å². The van der Waals surface area contributed by atoms with Crippen LogP contribution in [-0.2, 0) is 9.59 Å². The first-order valence-corrected chi connectivity index (χ1v) is 6.82. The summed E-state index contributed by atoms with van der Waals surface area (Å²) in [5.74, 6) is -1.97. The van der Waals surface area contributed by atoms with Crippen LogP contribution < -0.4 is 58.6 Å². The summed E-state index contributed by atoms with van der Waals surface area (Å²) in [6.45, 7) is 18.1. The number of carbonyl (C=O) groups is 2. The number of aliphatic carboxylic acids is 2. The number of hydrogen-bond acceptors (Lipinski definition) is 4. The van der Waals surface area contributed by atoms with Gasteiger partial charge in [0.15, 0.2) is 0 Å². The Morgan fingerprint density at radius 1 is 0.591 bits per heavy atom. The number of carboxylic acids is 2. The van der Waals surface area contributed by atoms with Gasteiger partial charge < -0.3 is 19.8 Å². The van der Waals surface area contributed by atoms with Crippen molar-refractivity contribution < 1.29 is 68.2 Å². The molecule has 0 bridgehead atoms. The molecule has 0 fully saturated rings. The molecule has 0 aromatic heterocycles. The van der Waals surface area contributed by atoms with Gasteiger partial charge in [-0.15, -0.1) is 0 Å². The average Bonchev–Trinajstić information content (AvgIpc) is 2.14. The Morgan fingerprint density at radius 3 is 0.727 bits per heavy atom. The Labute approximate surface area is 170 Å². The molecule has 0 spiro atoms. The van der Waals surface area contributed by atoms with E-state index in [1.165, 1.54) is 0 Å². The van der Waals surface area contributed by atoms with Crippen molar-refractivity contribution in [2.24, 2.45) is 21.7 Å². The van der Waals surface area contributed by atoms with Crippen molar-refractivity contribution in [3.05, 3.63) is 0 Å². The normalized spacial score (nSPS) is 12.1. The van der Waals surface area contributed by atoms with E-state index in [9.17, 15) is 19.8 Å². The van der Waals surface area contributed by atoms with Gasteiger partial charge in [0.05, 0.1) is 0 Å². The molecule has 0 rings (SSSR count). The summed E-state index contributed by atoms with van der Waals surface area (Å²) in [4.78, 5) is 21.1. The van der Waals surface area contributed by atoms with Crippen LogP contribution in [-0.4, -0.2) is 11.9 Å². The van der Waals surface area contributed by atoms with Crippen molar-refractivity contribution >= 4 is 11.9 Å². The quantitative estimate of drug-likeness (QED) is 0.482. The van der Waals surface area contributed by atoms with Crippen LogP contribution in [0.5, 0.6) is 0 Å². The van der Waals surface area contributed by atoms with Gasteiger partial charge in [-0.25, -0.2) is 0 Å². The van der Waals surface area contributed by atoms with Crippen molar-refractivity contribution in [3.8, 4) is 0 Å². The van der Waals surface area contributed by atoms with Gasteiger partial charge in [-0.1, -0.05) is 69.2 Å². The largest absolute Gasteiger partial charge is 1.00 e. The van der Waals surface area contributed by atoms with Gasteiger partial charge in [-0.3, -0.25) is 0 Å². The van der Waals surface area contributed by atoms with Crippen LogP contribution in [0.3, 0.4) is 0 Å². The van der Waals surface area contributed by atoms with Crippen LogP contribution in [0.4, 0.5) is 0 Å². The minimum atomic E-state index is -0.986. The van der Waals surface area contributed by atoms with Crippen molar-refractivity contribution in [1.29, 1.82) is 0 Å². The number of carboxylic acid groups (broad SMARTS) is 2. The Hall–Kier alpha value is 0.537. The minimum absolute atomic E-state index is 0. The van der Waals surface area contributed by atoms with Gasteiger partial charge in [0.1, 0.15) is 0 Å². The van der Waals surface area contributed by atoms with Crippen LogP contribution in [0.1, 0.15) is 69.2 Å². The predicted molar refractivity (Wildman–Crippen MR) is 76.5 cm³/mol. The van der Waals surface area contributed by atoms with Crippen molar-refractivity contribution in [2.75, 3.05) is 0 Å². The fraction of sp³-hybridized carbons (Fsp3) is 0.875. The number of carbonyl (C=O) groups excluding carboxylic acids is 2. The van der Waals surface area contributed by atoms with Gasteiger partial charge in [0.25, 0.3) is 0 Å². The fourth-order valence-electron chi connectivity index (χ4n) is 0.612. The van der Waals surface area contributed by atoms with Crippen molar-refractivity contribution in [3.63, 3.8) is 0 Å². The second kappa shape index (κ2) is 9.74. The second-order valence-electron chi connectivity index (χ2n) is 8.32. The van der Waals surface area contributed by atoms with Crippen LogP contribution in [0.25, 0.3) is 0 Å². The third kappa shape index (κ3) is 8.41. The van der Waals surface area contributed by atoms with E-state index in [1.54, 1.807) is 27.7 Å². The summed E-state index contributed by atoms with van der Waals surface area (Å²) >= 11 is 0. The Kier molecular flexibility index (Phi) is 13.5. The molecular formula is C16H30LiNaO4. The monoisotopic (exact) mass is 316 g/mol. The molecule has 0 atom stereocenters. The summed E-state index contributed by atoms with van der Waals surface area (Å²) in [6, 6.07) is 0. The van der Waals surface area contributed by atoms with Crippen LogP contribution in [0.2, 0.25) is 0 Å². The van der Waals surface area contributed by atoms with Crippen LogP contribution in [0, 0.1) is 21.7 Å². The molecule has 0 aliphatic carbocycles. The van der Waals surface area contributed by atoms with Gasteiger partial charge >= 0.3 is 48.4 Å². The SMILES string of the molecule is CC(C)(C)C(C)(C)C(=O)[O-].CC(C)(C)C(C)(C)C(=O)[O-].[Li+].[Na+]. The topological polar surface area (TPSA) is 80.3 Å². The molecule has 0 N–H and O–H groups in total. The number of rotatable bonds is 2. The molecule has 0 unspecified atom stereocenters. The molecule has 0 aliphatic heterocycles. The van der Waals surface area contributed by atoms with Crippen LogP contribution >= 0.6 is 0 Å². The maximum absolute atomic E-state index is 10.6. The van der Waals surface area contributed by atoms with Gasteiger partial charge in [0.2, 0.25) is 0 Å². The molecule has 6 heteroatoms. The third-order valence-corrected chi connectivity index (χ3v) is 4.77. The second-order valence-corrected chi connectivity index (χ2v) is 8.32. The molecule has 4 nitrogen and oxygen atoms in total. The molecule has 0 saturated carbocycles. The Balaban J connectivity index is -0.000000135. The van der Waals surface area contributed by atoms with E-state index in [4.69, 9.17) is 0 Å². The van der Waals surface area contributed by atoms with Crippen LogP contribution in [0.15, 0.2) is 0 Å². The van der Waals surface area contributed by atoms with Gasteiger partial charge in [-0.05, 0) is 10.8 Å². The standard InChI is InChI=1S/2C8H16O2.Li.Na/c2*1-7(2,3)8(4,5)6(9)10;;/h2*1-5H3,(H,9,10);;/q;;2*+1/p-2. The zero-order chi connectivity index (χ0) is 17.2. The first-order valence-electron chi connectivity index (χ1n) is 6.82. The van der Waals surface area contributed by atoms with E-state index in [0.29, 0.717) is 0 Å². The summed E-state index contributed by atoms with van der Waals surface area (Å²) in [5.41, 5.74) is -2.00. The Bertz CT molecular complexity index is 327. The van der Waals surface area contributed by atoms with Gasteiger partial charge in [-0.2, -0.15) is 0 Å². The maximum Gasteiger partial charge on any atom is 1.00 e. The molecule has 120 valence electrons. The Morgan fingerprint density at radius 2 is 0.727 bits per heavy atom. The molecule has 0 aromatic carbocycles. The summed E-state index contributed by atoms with van der Waals surface area (Å²) in [5, 5.41) is 21.1. The average molecular weight is 316 g/mol. The van der Waals surface area contributed by atoms with E-state index in [-0.39, 0.29) is 59.2 Å².